The van der Waals surface area contributed by atoms with Gasteiger partial charge in [0.15, 0.2) is 0 Å². The van der Waals surface area contributed by atoms with Gasteiger partial charge in [-0.05, 0) is 24.6 Å². The van der Waals surface area contributed by atoms with Crippen molar-refractivity contribution in [2.45, 2.75) is 6.92 Å². The van der Waals surface area contributed by atoms with Crippen molar-refractivity contribution in [1.29, 1.82) is 0 Å². The fourth-order valence-electron chi connectivity index (χ4n) is 1.32. The third kappa shape index (κ3) is 1.56. The zero-order valence-corrected chi connectivity index (χ0v) is 9.35. The lowest BCUT2D eigenvalue weighted by atomic mass is 10.1. The molecule has 0 saturated heterocycles. The number of halogens is 2. The molecule has 66 valence electrons. The Bertz CT molecular complexity index is 468. The number of fused-ring (bicyclic) bond motifs is 1. The van der Waals surface area contributed by atoms with Crippen LogP contribution in [0.15, 0.2) is 28.9 Å². The zero-order valence-electron chi connectivity index (χ0n) is 7.01. The topological polar surface area (TPSA) is 12.9 Å². The molecule has 0 saturated carbocycles. The molecule has 0 aliphatic carbocycles. The van der Waals surface area contributed by atoms with Gasteiger partial charge in [0.05, 0.1) is 0 Å². The number of benzene rings is 1. The van der Waals surface area contributed by atoms with Crippen LogP contribution in [0.3, 0.4) is 0 Å². The van der Waals surface area contributed by atoms with Crippen LogP contribution in [-0.4, -0.2) is 4.98 Å². The van der Waals surface area contributed by atoms with Gasteiger partial charge in [-0.2, -0.15) is 0 Å². The van der Waals surface area contributed by atoms with Crippen molar-refractivity contribution >= 4 is 38.3 Å². The van der Waals surface area contributed by atoms with Gasteiger partial charge in [-0.25, -0.2) is 4.98 Å². The average molecular weight is 257 g/mol. The van der Waals surface area contributed by atoms with E-state index in [0.717, 1.165) is 15.2 Å². The van der Waals surface area contributed by atoms with Crippen LogP contribution in [0.25, 0.3) is 10.8 Å². The Morgan fingerprint density at radius 2 is 2.08 bits per heavy atom. The number of pyridine rings is 1. The van der Waals surface area contributed by atoms with Crippen LogP contribution < -0.4 is 0 Å². The highest BCUT2D eigenvalue weighted by Crippen LogP contribution is 2.27. The smallest absolute Gasteiger partial charge is 0.129 e. The molecule has 0 N–H and O–H groups in total. The molecule has 0 atom stereocenters. The fraction of sp³-hybridized carbons (Fsp3) is 0.100. The standard InChI is InChI=1S/C10H7BrClN/c1-6-2-3-9(11)7-4-10(12)13-5-8(6)7/h2-5H,1H3. The molecule has 0 spiro atoms. The Balaban J connectivity index is 2.92. The first-order valence-electron chi connectivity index (χ1n) is 3.89. The van der Waals surface area contributed by atoms with Gasteiger partial charge in [-0.1, -0.05) is 33.6 Å². The Hall–Kier alpha value is -0.600. The molecule has 0 unspecified atom stereocenters. The number of rotatable bonds is 0. The van der Waals surface area contributed by atoms with E-state index in [1.807, 2.05) is 12.1 Å². The van der Waals surface area contributed by atoms with E-state index in [4.69, 9.17) is 11.6 Å². The van der Waals surface area contributed by atoms with Crippen LogP contribution in [0.1, 0.15) is 5.56 Å². The maximum atomic E-state index is 5.81. The van der Waals surface area contributed by atoms with E-state index >= 15 is 0 Å². The lowest BCUT2D eigenvalue weighted by Gasteiger charge is -2.03. The lowest BCUT2D eigenvalue weighted by molar-refractivity contribution is 1.35. The summed E-state index contributed by atoms with van der Waals surface area (Å²) in [6.07, 6.45) is 1.80. The van der Waals surface area contributed by atoms with Crippen molar-refractivity contribution in [2.24, 2.45) is 0 Å². The highest BCUT2D eigenvalue weighted by Gasteiger charge is 2.02. The van der Waals surface area contributed by atoms with Crippen molar-refractivity contribution in [2.75, 3.05) is 0 Å². The molecular formula is C10H7BrClN. The molecule has 2 aromatic rings. The normalized spacial score (nSPS) is 10.7. The molecule has 2 rings (SSSR count). The fourth-order valence-corrected chi connectivity index (χ4v) is 1.94. The molecule has 13 heavy (non-hydrogen) atoms. The van der Waals surface area contributed by atoms with Crippen LogP contribution >= 0.6 is 27.5 Å². The van der Waals surface area contributed by atoms with Gasteiger partial charge in [0.2, 0.25) is 0 Å². The Morgan fingerprint density at radius 1 is 1.31 bits per heavy atom. The molecular weight excluding hydrogens is 249 g/mol. The first-order valence-corrected chi connectivity index (χ1v) is 5.06. The summed E-state index contributed by atoms with van der Waals surface area (Å²) in [5, 5.41) is 2.78. The predicted octanol–water partition coefficient (Wildman–Crippen LogP) is 3.96. The quantitative estimate of drug-likeness (QED) is 0.650. The summed E-state index contributed by atoms with van der Waals surface area (Å²) >= 11 is 9.29. The van der Waals surface area contributed by atoms with Gasteiger partial charge in [-0.15, -0.1) is 0 Å². The lowest BCUT2D eigenvalue weighted by Crippen LogP contribution is -1.82. The third-order valence-electron chi connectivity index (χ3n) is 2.03. The van der Waals surface area contributed by atoms with E-state index in [2.05, 4.69) is 33.9 Å². The molecule has 3 heteroatoms. The van der Waals surface area contributed by atoms with Gasteiger partial charge in [0.25, 0.3) is 0 Å². The van der Waals surface area contributed by atoms with E-state index < -0.39 is 0 Å². The molecule has 1 aromatic heterocycles. The Morgan fingerprint density at radius 3 is 2.85 bits per heavy atom. The number of aromatic nitrogens is 1. The minimum Gasteiger partial charge on any atom is -0.244 e. The maximum absolute atomic E-state index is 5.81. The van der Waals surface area contributed by atoms with Crippen molar-refractivity contribution < 1.29 is 0 Å². The molecule has 0 aliphatic rings. The molecule has 0 fully saturated rings. The molecule has 1 heterocycles. The minimum atomic E-state index is 0.527. The largest absolute Gasteiger partial charge is 0.244 e. The van der Waals surface area contributed by atoms with E-state index in [-0.39, 0.29) is 0 Å². The van der Waals surface area contributed by atoms with Crippen molar-refractivity contribution in [3.63, 3.8) is 0 Å². The second kappa shape index (κ2) is 3.28. The van der Waals surface area contributed by atoms with Gasteiger partial charge in [-0.3, -0.25) is 0 Å². The summed E-state index contributed by atoms with van der Waals surface area (Å²) in [7, 11) is 0. The van der Waals surface area contributed by atoms with Crippen LogP contribution in [0, 0.1) is 6.92 Å². The van der Waals surface area contributed by atoms with E-state index in [9.17, 15) is 0 Å². The van der Waals surface area contributed by atoms with Gasteiger partial charge < -0.3 is 0 Å². The van der Waals surface area contributed by atoms with Gasteiger partial charge in [0.1, 0.15) is 5.15 Å². The predicted molar refractivity (Wildman–Crippen MR) is 59.2 cm³/mol. The van der Waals surface area contributed by atoms with Crippen LogP contribution in [0.4, 0.5) is 0 Å². The van der Waals surface area contributed by atoms with E-state index in [0.29, 0.717) is 5.15 Å². The molecule has 0 bridgehead atoms. The highest BCUT2D eigenvalue weighted by atomic mass is 79.9. The number of aryl methyl sites for hydroxylation is 1. The summed E-state index contributed by atoms with van der Waals surface area (Å²) in [4.78, 5) is 4.05. The van der Waals surface area contributed by atoms with Crippen LogP contribution in [-0.2, 0) is 0 Å². The summed E-state index contributed by atoms with van der Waals surface area (Å²) in [6, 6.07) is 5.95. The molecule has 0 aliphatic heterocycles. The van der Waals surface area contributed by atoms with Crippen LogP contribution in [0.5, 0.6) is 0 Å². The van der Waals surface area contributed by atoms with Crippen molar-refractivity contribution in [3.8, 4) is 0 Å². The van der Waals surface area contributed by atoms with Crippen molar-refractivity contribution in [3.05, 3.63) is 39.6 Å². The van der Waals surface area contributed by atoms with Gasteiger partial charge >= 0.3 is 0 Å². The van der Waals surface area contributed by atoms with E-state index in [1.165, 1.54) is 5.56 Å². The Labute approximate surface area is 89.9 Å². The number of hydrogen-bond donors (Lipinski definition) is 0. The number of hydrogen-bond acceptors (Lipinski definition) is 1. The second-order valence-corrected chi connectivity index (χ2v) is 4.16. The highest BCUT2D eigenvalue weighted by molar-refractivity contribution is 9.10. The monoisotopic (exact) mass is 255 g/mol. The summed E-state index contributed by atoms with van der Waals surface area (Å²) < 4.78 is 1.05. The molecule has 0 radical (unpaired) electrons. The zero-order chi connectivity index (χ0) is 9.42. The summed E-state index contributed by atoms with van der Waals surface area (Å²) in [5.74, 6) is 0. The van der Waals surface area contributed by atoms with Crippen LogP contribution in [0.2, 0.25) is 5.15 Å². The molecule has 1 aromatic carbocycles. The molecule has 1 nitrogen and oxygen atoms in total. The first kappa shape index (κ1) is 8.97. The summed E-state index contributed by atoms with van der Waals surface area (Å²) in [5.41, 5.74) is 1.21. The van der Waals surface area contributed by atoms with E-state index in [1.54, 1.807) is 6.20 Å². The minimum absolute atomic E-state index is 0.527. The van der Waals surface area contributed by atoms with Crippen molar-refractivity contribution in [1.82, 2.24) is 4.98 Å². The number of nitrogens with zero attached hydrogens (tertiary/aromatic N) is 1. The average Bonchev–Trinajstić information content (AvgIpc) is 2.12. The summed E-state index contributed by atoms with van der Waals surface area (Å²) in [6.45, 7) is 2.06. The SMILES string of the molecule is Cc1ccc(Br)c2cc(Cl)ncc12. The third-order valence-corrected chi connectivity index (χ3v) is 2.93. The molecule has 0 amide bonds. The Kier molecular flexibility index (Phi) is 2.26. The second-order valence-electron chi connectivity index (χ2n) is 2.92. The maximum Gasteiger partial charge on any atom is 0.129 e. The van der Waals surface area contributed by atoms with Gasteiger partial charge in [0, 0.05) is 21.4 Å². The first-order chi connectivity index (χ1) is 6.18.